The van der Waals surface area contributed by atoms with Gasteiger partial charge in [-0.3, -0.25) is 0 Å². The molecule has 0 aliphatic heterocycles. The van der Waals surface area contributed by atoms with E-state index in [4.69, 9.17) is 4.98 Å². The predicted molar refractivity (Wildman–Crippen MR) is 85.0 cm³/mol. The second-order valence-electron chi connectivity index (χ2n) is 6.55. The Balaban J connectivity index is 1.74. The summed E-state index contributed by atoms with van der Waals surface area (Å²) in [6.45, 7) is 3.22. The first-order valence-electron chi connectivity index (χ1n) is 7.90. The van der Waals surface area contributed by atoms with Crippen LogP contribution in [0.5, 0.6) is 0 Å². The van der Waals surface area contributed by atoms with E-state index in [2.05, 4.69) is 29.9 Å². The lowest BCUT2D eigenvalue weighted by atomic mass is 9.77. The number of fused-ring (bicyclic) bond motifs is 1. The minimum atomic E-state index is -0.120. The second-order valence-corrected chi connectivity index (χ2v) is 6.55. The smallest absolute Gasteiger partial charge is 0.123 e. The van der Waals surface area contributed by atoms with Crippen molar-refractivity contribution in [3.05, 3.63) is 30.1 Å². The fourth-order valence-corrected chi connectivity index (χ4v) is 3.33. The first kappa shape index (κ1) is 14.5. The van der Waals surface area contributed by atoms with Crippen molar-refractivity contribution in [2.45, 2.75) is 44.7 Å². The van der Waals surface area contributed by atoms with E-state index in [0.717, 1.165) is 35.6 Å². The van der Waals surface area contributed by atoms with Crippen LogP contribution < -0.4 is 5.32 Å². The van der Waals surface area contributed by atoms with Gasteiger partial charge in [-0.2, -0.15) is 0 Å². The number of nitrogens with one attached hydrogen (secondary N) is 1. The molecule has 0 spiro atoms. The number of aromatic nitrogens is 2. The molecule has 21 heavy (non-hydrogen) atoms. The molecule has 0 saturated heterocycles. The van der Waals surface area contributed by atoms with Crippen LogP contribution in [-0.2, 0) is 13.6 Å². The fraction of sp³-hybridized carbons (Fsp3) is 0.588. The minimum Gasteiger partial charge on any atom is -0.394 e. The minimum absolute atomic E-state index is 0.120. The molecule has 1 fully saturated rings. The number of aliphatic hydroxyl groups excluding tert-OH is 1. The topological polar surface area (TPSA) is 50.1 Å². The zero-order valence-corrected chi connectivity index (χ0v) is 13.0. The number of aryl methyl sites for hydroxylation is 1. The number of benzene rings is 1. The zero-order valence-electron chi connectivity index (χ0n) is 13.0. The summed E-state index contributed by atoms with van der Waals surface area (Å²) in [4.78, 5) is 4.70. The van der Waals surface area contributed by atoms with E-state index in [1.54, 1.807) is 0 Å². The highest BCUT2D eigenvalue weighted by molar-refractivity contribution is 5.75. The van der Waals surface area contributed by atoms with Gasteiger partial charge >= 0.3 is 0 Å². The summed E-state index contributed by atoms with van der Waals surface area (Å²) in [5.74, 6) is 1.81. The van der Waals surface area contributed by atoms with Gasteiger partial charge in [-0.1, -0.05) is 19.1 Å². The number of nitrogens with zero attached hydrogens (tertiary/aromatic N) is 2. The third kappa shape index (κ3) is 2.83. The van der Waals surface area contributed by atoms with Gasteiger partial charge in [-0.15, -0.1) is 0 Å². The van der Waals surface area contributed by atoms with Crippen molar-refractivity contribution >= 4 is 11.0 Å². The van der Waals surface area contributed by atoms with Crippen molar-refractivity contribution in [3.63, 3.8) is 0 Å². The largest absolute Gasteiger partial charge is 0.394 e. The Morgan fingerprint density at radius 2 is 2.05 bits per heavy atom. The number of hydrogen-bond donors (Lipinski definition) is 2. The van der Waals surface area contributed by atoms with Gasteiger partial charge in [0.1, 0.15) is 5.82 Å². The molecular weight excluding hydrogens is 262 g/mol. The van der Waals surface area contributed by atoms with Crippen LogP contribution in [0.1, 0.15) is 38.4 Å². The molecular formula is C17H25N3O. The zero-order chi connectivity index (χ0) is 14.9. The summed E-state index contributed by atoms with van der Waals surface area (Å²) < 4.78 is 2.14. The van der Waals surface area contributed by atoms with E-state index in [0.29, 0.717) is 6.54 Å². The summed E-state index contributed by atoms with van der Waals surface area (Å²) in [7, 11) is 2.06. The SMILES string of the molecule is CC1CCC(CO)(NCc2nc3ccccc3n2C)CC1. The van der Waals surface area contributed by atoms with Gasteiger partial charge in [-0.05, 0) is 43.7 Å². The summed E-state index contributed by atoms with van der Waals surface area (Å²) in [5.41, 5.74) is 2.07. The Kier molecular flexibility index (Phi) is 4.00. The quantitative estimate of drug-likeness (QED) is 0.909. The summed E-state index contributed by atoms with van der Waals surface area (Å²) in [6, 6.07) is 8.20. The molecule has 1 aliphatic rings. The predicted octanol–water partition coefficient (Wildman–Crippen LogP) is 2.60. The molecule has 2 N–H and O–H groups in total. The molecule has 114 valence electrons. The highest BCUT2D eigenvalue weighted by atomic mass is 16.3. The first-order chi connectivity index (χ1) is 10.1. The van der Waals surface area contributed by atoms with E-state index >= 15 is 0 Å². The van der Waals surface area contributed by atoms with Crippen LogP contribution in [-0.4, -0.2) is 26.8 Å². The first-order valence-corrected chi connectivity index (χ1v) is 7.90. The summed E-state index contributed by atoms with van der Waals surface area (Å²) in [6.07, 6.45) is 4.48. The number of imidazole rings is 1. The molecule has 1 heterocycles. The third-order valence-corrected chi connectivity index (χ3v) is 5.04. The lowest BCUT2D eigenvalue weighted by molar-refractivity contribution is 0.103. The van der Waals surface area contributed by atoms with Crippen molar-refractivity contribution < 1.29 is 5.11 Å². The van der Waals surface area contributed by atoms with E-state index < -0.39 is 0 Å². The van der Waals surface area contributed by atoms with Crippen LogP contribution in [0.15, 0.2) is 24.3 Å². The third-order valence-electron chi connectivity index (χ3n) is 5.04. The van der Waals surface area contributed by atoms with E-state index in [9.17, 15) is 5.11 Å². The number of hydrogen-bond acceptors (Lipinski definition) is 3. The van der Waals surface area contributed by atoms with Gasteiger partial charge in [0.15, 0.2) is 0 Å². The van der Waals surface area contributed by atoms with Crippen molar-refractivity contribution in [3.8, 4) is 0 Å². The molecule has 4 nitrogen and oxygen atoms in total. The number of para-hydroxylation sites is 2. The maximum atomic E-state index is 9.83. The highest BCUT2D eigenvalue weighted by Gasteiger charge is 2.33. The molecule has 1 aromatic heterocycles. The van der Waals surface area contributed by atoms with E-state index in [-0.39, 0.29) is 12.1 Å². The maximum Gasteiger partial charge on any atom is 0.123 e. The van der Waals surface area contributed by atoms with Crippen molar-refractivity contribution in [1.29, 1.82) is 0 Å². The highest BCUT2D eigenvalue weighted by Crippen LogP contribution is 2.31. The van der Waals surface area contributed by atoms with Gasteiger partial charge in [0.2, 0.25) is 0 Å². The molecule has 3 rings (SSSR count). The Labute approximate surface area is 126 Å². The molecule has 1 aliphatic carbocycles. The summed E-state index contributed by atoms with van der Waals surface area (Å²) in [5, 5.41) is 13.4. The van der Waals surface area contributed by atoms with Gasteiger partial charge in [0, 0.05) is 12.6 Å². The van der Waals surface area contributed by atoms with E-state index in [1.807, 2.05) is 18.2 Å². The monoisotopic (exact) mass is 287 g/mol. The normalized spacial score (nSPS) is 26.3. The Morgan fingerprint density at radius 3 is 2.71 bits per heavy atom. The average molecular weight is 287 g/mol. The van der Waals surface area contributed by atoms with Crippen molar-refractivity contribution in [2.75, 3.05) is 6.61 Å². The Hall–Kier alpha value is -1.39. The molecule has 1 aromatic carbocycles. The molecule has 0 atom stereocenters. The molecule has 1 saturated carbocycles. The number of rotatable bonds is 4. The van der Waals surface area contributed by atoms with Crippen LogP contribution in [0.4, 0.5) is 0 Å². The standard InChI is InChI=1S/C17H25N3O/c1-13-7-9-17(12-21,10-8-13)18-11-16-19-14-5-3-4-6-15(14)20(16)2/h3-6,13,18,21H,7-12H2,1-2H3. The fourth-order valence-electron chi connectivity index (χ4n) is 3.33. The van der Waals surface area contributed by atoms with Gasteiger partial charge in [-0.25, -0.2) is 4.98 Å². The molecule has 0 bridgehead atoms. The van der Waals surface area contributed by atoms with Crippen molar-refractivity contribution in [2.24, 2.45) is 13.0 Å². The van der Waals surface area contributed by atoms with E-state index in [1.165, 1.54) is 12.8 Å². The molecule has 0 amide bonds. The molecule has 4 heteroatoms. The van der Waals surface area contributed by atoms with Crippen LogP contribution >= 0.6 is 0 Å². The molecule has 2 aromatic rings. The maximum absolute atomic E-state index is 9.83. The second kappa shape index (κ2) is 5.78. The van der Waals surface area contributed by atoms with Crippen LogP contribution in [0.25, 0.3) is 11.0 Å². The molecule has 0 unspecified atom stereocenters. The van der Waals surface area contributed by atoms with Gasteiger partial charge in [0.05, 0.1) is 24.2 Å². The average Bonchev–Trinajstić information content (AvgIpc) is 2.84. The van der Waals surface area contributed by atoms with Crippen molar-refractivity contribution in [1.82, 2.24) is 14.9 Å². The van der Waals surface area contributed by atoms with Crippen LogP contribution in [0, 0.1) is 5.92 Å². The van der Waals surface area contributed by atoms with Crippen LogP contribution in [0.3, 0.4) is 0 Å². The lowest BCUT2D eigenvalue weighted by Crippen LogP contribution is -2.50. The van der Waals surface area contributed by atoms with Gasteiger partial charge in [0.25, 0.3) is 0 Å². The molecule has 0 radical (unpaired) electrons. The lowest BCUT2D eigenvalue weighted by Gasteiger charge is -2.38. The number of aliphatic hydroxyl groups is 1. The van der Waals surface area contributed by atoms with Gasteiger partial charge < -0.3 is 15.0 Å². The Morgan fingerprint density at radius 1 is 1.33 bits per heavy atom. The summed E-state index contributed by atoms with van der Waals surface area (Å²) >= 11 is 0. The van der Waals surface area contributed by atoms with Crippen LogP contribution in [0.2, 0.25) is 0 Å². The Bertz CT molecular complexity index is 612.